The van der Waals surface area contributed by atoms with Crippen molar-refractivity contribution in [1.29, 1.82) is 0 Å². The predicted octanol–water partition coefficient (Wildman–Crippen LogP) is 5.90. The van der Waals surface area contributed by atoms with Crippen LogP contribution < -0.4 is 15.0 Å². The molecule has 39 heavy (non-hydrogen) atoms. The van der Waals surface area contributed by atoms with Crippen molar-refractivity contribution in [3.8, 4) is 22.7 Å². The van der Waals surface area contributed by atoms with Crippen LogP contribution in [0.2, 0.25) is 5.02 Å². The molecule has 3 aromatic carbocycles. The van der Waals surface area contributed by atoms with Gasteiger partial charge in [-0.15, -0.1) is 11.8 Å². The Morgan fingerprint density at radius 2 is 1.87 bits per heavy atom. The number of benzene rings is 3. The summed E-state index contributed by atoms with van der Waals surface area (Å²) in [7, 11) is 1.62. The molecule has 0 radical (unpaired) electrons. The van der Waals surface area contributed by atoms with Crippen LogP contribution in [-0.4, -0.2) is 47.5 Å². The first-order valence-electron chi connectivity index (χ1n) is 12.8. The standard InChI is InChI=1S/C30H29ClN4O3S/c1-3-16-32-25(36)18-34-26(37)19-39-29(21-10-7-11-22(31)17-21)27-28(20-8-5-4-6-9-20)33-35(30(27)34)23-12-14-24(38-2)15-13-23/h4-15,17,29H,3,16,18-19H2,1-2H3,(H,32,36). The molecule has 1 N–H and O–H groups in total. The molecule has 1 aliphatic heterocycles. The summed E-state index contributed by atoms with van der Waals surface area (Å²) in [6.07, 6.45) is 0.805. The van der Waals surface area contributed by atoms with E-state index in [0.29, 0.717) is 23.1 Å². The molecule has 1 unspecified atom stereocenters. The number of nitrogens with zero attached hydrogens (tertiary/aromatic N) is 3. The van der Waals surface area contributed by atoms with Gasteiger partial charge in [0.1, 0.15) is 18.1 Å². The number of aromatic nitrogens is 2. The fraction of sp³-hybridized carbons (Fsp3) is 0.233. The highest BCUT2D eigenvalue weighted by atomic mass is 35.5. The first-order valence-corrected chi connectivity index (χ1v) is 14.2. The molecule has 5 rings (SSSR count). The lowest BCUT2D eigenvalue weighted by Crippen LogP contribution is -2.42. The number of hydrogen-bond acceptors (Lipinski definition) is 5. The van der Waals surface area contributed by atoms with Crippen LogP contribution in [0.3, 0.4) is 0 Å². The first-order chi connectivity index (χ1) is 19.0. The number of nitrogens with one attached hydrogen (secondary N) is 1. The monoisotopic (exact) mass is 560 g/mol. The van der Waals surface area contributed by atoms with Crippen LogP contribution in [-0.2, 0) is 9.59 Å². The molecule has 0 fully saturated rings. The lowest BCUT2D eigenvalue weighted by molar-refractivity contribution is -0.122. The van der Waals surface area contributed by atoms with Gasteiger partial charge in [0, 0.05) is 22.7 Å². The Balaban J connectivity index is 1.78. The summed E-state index contributed by atoms with van der Waals surface area (Å²) in [5.41, 5.74) is 4.23. The SMILES string of the molecule is CCCNC(=O)CN1C(=O)CSC(c2cccc(Cl)c2)c2c(-c3ccccc3)nn(-c3ccc(OC)cc3)c21. The van der Waals surface area contributed by atoms with Gasteiger partial charge in [-0.1, -0.05) is 61.0 Å². The molecule has 2 heterocycles. The third-order valence-electron chi connectivity index (χ3n) is 6.48. The second-order valence-electron chi connectivity index (χ2n) is 9.14. The van der Waals surface area contributed by atoms with E-state index in [9.17, 15) is 9.59 Å². The van der Waals surface area contributed by atoms with Gasteiger partial charge < -0.3 is 10.1 Å². The molecule has 0 spiro atoms. The van der Waals surface area contributed by atoms with Crippen LogP contribution in [0, 0.1) is 0 Å². The second kappa shape index (κ2) is 12.0. The van der Waals surface area contributed by atoms with E-state index >= 15 is 0 Å². The topological polar surface area (TPSA) is 76.5 Å². The largest absolute Gasteiger partial charge is 0.497 e. The number of fused-ring (bicyclic) bond motifs is 1. The van der Waals surface area contributed by atoms with Crippen molar-refractivity contribution < 1.29 is 14.3 Å². The van der Waals surface area contributed by atoms with E-state index in [-0.39, 0.29) is 29.4 Å². The van der Waals surface area contributed by atoms with E-state index < -0.39 is 0 Å². The van der Waals surface area contributed by atoms with Crippen molar-refractivity contribution in [3.05, 3.63) is 95.0 Å². The molecule has 1 aromatic heterocycles. The maximum atomic E-state index is 13.7. The number of hydrogen-bond donors (Lipinski definition) is 1. The van der Waals surface area contributed by atoms with Crippen molar-refractivity contribution in [2.75, 3.05) is 30.9 Å². The van der Waals surface area contributed by atoms with E-state index in [1.165, 1.54) is 11.8 Å². The highest BCUT2D eigenvalue weighted by molar-refractivity contribution is 8.00. The molecule has 0 aliphatic carbocycles. The average Bonchev–Trinajstić information content (AvgIpc) is 3.29. The van der Waals surface area contributed by atoms with Crippen LogP contribution in [0.1, 0.15) is 29.7 Å². The van der Waals surface area contributed by atoms with Crippen LogP contribution in [0.15, 0.2) is 78.9 Å². The van der Waals surface area contributed by atoms with E-state index in [0.717, 1.165) is 34.5 Å². The van der Waals surface area contributed by atoms with Gasteiger partial charge in [0.2, 0.25) is 11.8 Å². The minimum absolute atomic E-state index is 0.106. The molecule has 0 saturated heterocycles. The maximum Gasteiger partial charge on any atom is 0.240 e. The minimum Gasteiger partial charge on any atom is -0.497 e. The van der Waals surface area contributed by atoms with E-state index in [2.05, 4.69) is 5.32 Å². The molecule has 7 nitrogen and oxygen atoms in total. The summed E-state index contributed by atoms with van der Waals surface area (Å²) in [6, 6.07) is 25.1. The molecule has 2 amide bonds. The highest BCUT2D eigenvalue weighted by Crippen LogP contribution is 2.48. The van der Waals surface area contributed by atoms with Gasteiger partial charge in [-0.25, -0.2) is 4.68 Å². The van der Waals surface area contributed by atoms with Gasteiger partial charge >= 0.3 is 0 Å². The van der Waals surface area contributed by atoms with Crippen LogP contribution in [0.5, 0.6) is 5.75 Å². The Labute approximate surface area is 237 Å². The number of anilines is 1. The number of rotatable bonds is 8. The van der Waals surface area contributed by atoms with Gasteiger partial charge in [0.05, 0.1) is 29.5 Å². The summed E-state index contributed by atoms with van der Waals surface area (Å²) in [5.74, 6) is 1.10. The van der Waals surface area contributed by atoms with Gasteiger partial charge in [0.15, 0.2) is 0 Å². The Kier molecular flexibility index (Phi) is 8.24. The Morgan fingerprint density at radius 1 is 1.10 bits per heavy atom. The predicted molar refractivity (Wildman–Crippen MR) is 157 cm³/mol. The third kappa shape index (κ3) is 5.67. The lowest BCUT2D eigenvalue weighted by Gasteiger charge is -2.23. The maximum absolute atomic E-state index is 13.7. The summed E-state index contributed by atoms with van der Waals surface area (Å²) in [4.78, 5) is 28.2. The number of methoxy groups -OCH3 is 1. The third-order valence-corrected chi connectivity index (χ3v) is 7.97. The van der Waals surface area contributed by atoms with Crippen LogP contribution in [0.25, 0.3) is 16.9 Å². The van der Waals surface area contributed by atoms with E-state index in [1.807, 2.05) is 85.8 Å². The number of carbonyl (C=O) groups is 2. The van der Waals surface area contributed by atoms with Gasteiger partial charge in [0.25, 0.3) is 0 Å². The molecule has 0 bridgehead atoms. The molecular weight excluding hydrogens is 532 g/mol. The average molecular weight is 561 g/mol. The second-order valence-corrected chi connectivity index (χ2v) is 10.7. The number of thioether (sulfide) groups is 1. The summed E-state index contributed by atoms with van der Waals surface area (Å²) < 4.78 is 7.13. The molecule has 1 atom stereocenters. The quantitative estimate of drug-likeness (QED) is 0.290. The molecule has 200 valence electrons. The minimum atomic E-state index is -0.242. The normalized spacial score (nSPS) is 15.0. The molecule has 1 aliphatic rings. The summed E-state index contributed by atoms with van der Waals surface area (Å²) in [6.45, 7) is 2.43. The Hall–Kier alpha value is -3.75. The fourth-order valence-corrected chi connectivity index (χ4v) is 6.02. The van der Waals surface area contributed by atoms with Gasteiger partial charge in [-0.3, -0.25) is 14.5 Å². The zero-order chi connectivity index (χ0) is 27.4. The molecule has 4 aromatic rings. The molecule has 9 heteroatoms. The van der Waals surface area contributed by atoms with E-state index in [4.69, 9.17) is 21.4 Å². The van der Waals surface area contributed by atoms with Crippen molar-refractivity contribution in [1.82, 2.24) is 15.1 Å². The van der Waals surface area contributed by atoms with Crippen LogP contribution >= 0.6 is 23.4 Å². The lowest BCUT2D eigenvalue weighted by atomic mass is 9.99. The van der Waals surface area contributed by atoms with Crippen molar-refractivity contribution in [2.45, 2.75) is 18.6 Å². The first kappa shape index (κ1) is 26.8. The Bertz CT molecular complexity index is 1470. The summed E-state index contributed by atoms with van der Waals surface area (Å²) >= 11 is 7.93. The zero-order valence-corrected chi connectivity index (χ0v) is 23.3. The molecule has 0 saturated carbocycles. The van der Waals surface area contributed by atoms with Crippen molar-refractivity contribution in [2.24, 2.45) is 0 Å². The molecular formula is C30H29ClN4O3S. The Morgan fingerprint density at radius 3 is 2.56 bits per heavy atom. The number of ether oxygens (including phenoxy) is 1. The fourth-order valence-electron chi connectivity index (χ4n) is 4.63. The number of amides is 2. The highest BCUT2D eigenvalue weighted by Gasteiger charge is 2.37. The van der Waals surface area contributed by atoms with Crippen molar-refractivity contribution >= 4 is 41.0 Å². The number of carbonyl (C=O) groups excluding carboxylic acids is 2. The summed E-state index contributed by atoms with van der Waals surface area (Å²) in [5, 5.41) is 8.37. The zero-order valence-electron chi connectivity index (χ0n) is 21.8. The van der Waals surface area contributed by atoms with Gasteiger partial charge in [-0.05, 0) is 48.4 Å². The van der Waals surface area contributed by atoms with E-state index in [1.54, 1.807) is 16.7 Å². The number of halogens is 1. The van der Waals surface area contributed by atoms with Crippen molar-refractivity contribution in [3.63, 3.8) is 0 Å². The smallest absolute Gasteiger partial charge is 0.240 e. The van der Waals surface area contributed by atoms with Crippen LogP contribution in [0.4, 0.5) is 5.82 Å². The van der Waals surface area contributed by atoms with Gasteiger partial charge in [-0.2, -0.15) is 5.10 Å².